The molecule has 0 aliphatic carbocycles. The van der Waals surface area contributed by atoms with E-state index in [-0.39, 0.29) is 6.04 Å². The number of nitrogens with one attached hydrogen (secondary N) is 1. The van der Waals surface area contributed by atoms with Crippen LogP contribution in [0, 0.1) is 0 Å². The largest absolute Gasteiger partial charge is 0.313 e. The summed E-state index contributed by atoms with van der Waals surface area (Å²) in [6.07, 6.45) is 3.61. The van der Waals surface area contributed by atoms with E-state index in [4.69, 9.17) is 0 Å². The van der Waals surface area contributed by atoms with Crippen molar-refractivity contribution in [2.45, 2.75) is 23.0 Å². The van der Waals surface area contributed by atoms with Crippen molar-refractivity contribution < 1.29 is 0 Å². The van der Waals surface area contributed by atoms with Crippen molar-refractivity contribution in [3.63, 3.8) is 0 Å². The lowest BCUT2D eigenvalue weighted by Crippen LogP contribution is -2.13. The minimum atomic E-state index is 0.275. The Labute approximate surface area is 120 Å². The molecule has 2 aromatic heterocycles. The molecule has 0 aliphatic heterocycles. The molecule has 0 bridgehead atoms. The number of nitrogens with zero attached hydrogens (tertiary/aromatic N) is 2. The van der Waals surface area contributed by atoms with E-state index in [9.17, 15) is 0 Å². The van der Waals surface area contributed by atoms with Crippen molar-refractivity contribution in [2.24, 2.45) is 0 Å². The van der Waals surface area contributed by atoms with Gasteiger partial charge in [0.1, 0.15) is 10.1 Å². The van der Waals surface area contributed by atoms with Crippen LogP contribution in [-0.2, 0) is 0 Å². The summed E-state index contributed by atoms with van der Waals surface area (Å²) in [6, 6.07) is 8.30. The summed E-state index contributed by atoms with van der Waals surface area (Å²) in [7, 11) is 1.95. The third-order valence-corrected chi connectivity index (χ3v) is 4.06. The molecule has 1 atom stereocenters. The number of aromatic nitrogens is 2. The molecule has 3 nitrogen and oxygen atoms in total. The van der Waals surface area contributed by atoms with E-state index in [2.05, 4.69) is 44.2 Å². The quantitative estimate of drug-likeness (QED) is 0.931. The number of hydrogen-bond acceptors (Lipinski definition) is 4. The molecule has 2 aromatic rings. The lowest BCUT2D eigenvalue weighted by Gasteiger charge is -2.13. The van der Waals surface area contributed by atoms with E-state index in [0.717, 1.165) is 14.5 Å². The Morgan fingerprint density at radius 1 is 1.28 bits per heavy atom. The molecule has 94 valence electrons. The molecule has 1 N–H and O–H groups in total. The molecule has 18 heavy (non-hydrogen) atoms. The minimum absolute atomic E-state index is 0.275. The van der Waals surface area contributed by atoms with Crippen LogP contribution in [0.5, 0.6) is 0 Å². The van der Waals surface area contributed by atoms with E-state index >= 15 is 0 Å². The fraction of sp³-hybridized carbons (Fsp3) is 0.231. The van der Waals surface area contributed by atoms with Crippen LogP contribution < -0.4 is 5.32 Å². The highest BCUT2D eigenvalue weighted by molar-refractivity contribution is 9.10. The third kappa shape index (κ3) is 3.31. The van der Waals surface area contributed by atoms with Gasteiger partial charge in [0.15, 0.2) is 0 Å². The highest BCUT2D eigenvalue weighted by Gasteiger charge is 2.11. The van der Waals surface area contributed by atoms with Gasteiger partial charge in [-0.25, -0.2) is 9.97 Å². The zero-order valence-corrected chi connectivity index (χ0v) is 12.6. The maximum atomic E-state index is 4.44. The van der Waals surface area contributed by atoms with Crippen molar-refractivity contribution in [3.8, 4) is 0 Å². The Morgan fingerprint density at radius 2 is 2.11 bits per heavy atom. The van der Waals surface area contributed by atoms with Crippen LogP contribution in [-0.4, -0.2) is 17.0 Å². The van der Waals surface area contributed by atoms with E-state index in [1.165, 1.54) is 5.56 Å². The first-order valence-corrected chi connectivity index (χ1v) is 7.23. The predicted octanol–water partition coefficient (Wildman–Crippen LogP) is 3.67. The van der Waals surface area contributed by atoms with Gasteiger partial charge in [0.2, 0.25) is 0 Å². The summed E-state index contributed by atoms with van der Waals surface area (Å²) in [5.41, 5.74) is 1.19. The summed E-state index contributed by atoms with van der Waals surface area (Å²) in [4.78, 5) is 8.79. The standard InChI is InChI=1S/C13H14BrN3S/c1-9(15-2)11-4-3-7-16-13(11)18-12-6-5-10(14)8-17-12/h3-9,15H,1-2H3. The van der Waals surface area contributed by atoms with Gasteiger partial charge in [-0.1, -0.05) is 6.07 Å². The molecule has 0 saturated carbocycles. The Hall–Kier alpha value is -0.910. The monoisotopic (exact) mass is 323 g/mol. The number of pyridine rings is 2. The maximum Gasteiger partial charge on any atom is 0.107 e. The molecule has 0 aliphatic rings. The Morgan fingerprint density at radius 3 is 2.78 bits per heavy atom. The summed E-state index contributed by atoms with van der Waals surface area (Å²) >= 11 is 4.97. The van der Waals surface area contributed by atoms with Gasteiger partial charge < -0.3 is 5.32 Å². The van der Waals surface area contributed by atoms with Gasteiger partial charge in [-0.15, -0.1) is 0 Å². The van der Waals surface area contributed by atoms with E-state index in [1.54, 1.807) is 18.0 Å². The summed E-state index contributed by atoms with van der Waals surface area (Å²) < 4.78 is 0.983. The molecule has 0 fully saturated rings. The fourth-order valence-electron chi connectivity index (χ4n) is 1.50. The van der Waals surface area contributed by atoms with Crippen LogP contribution >= 0.6 is 27.7 Å². The Bertz CT molecular complexity index is 516. The van der Waals surface area contributed by atoms with Crippen LogP contribution in [0.1, 0.15) is 18.5 Å². The second kappa shape index (κ2) is 6.31. The topological polar surface area (TPSA) is 37.8 Å². The van der Waals surface area contributed by atoms with E-state index < -0.39 is 0 Å². The normalized spacial score (nSPS) is 12.4. The first-order valence-electron chi connectivity index (χ1n) is 5.62. The Kier molecular flexibility index (Phi) is 4.74. The van der Waals surface area contributed by atoms with Crippen molar-refractivity contribution in [1.29, 1.82) is 0 Å². The van der Waals surface area contributed by atoms with Crippen LogP contribution in [0.3, 0.4) is 0 Å². The molecule has 5 heteroatoms. The highest BCUT2D eigenvalue weighted by atomic mass is 79.9. The zero-order chi connectivity index (χ0) is 13.0. The molecule has 0 amide bonds. The lowest BCUT2D eigenvalue weighted by atomic mass is 10.1. The van der Waals surface area contributed by atoms with Crippen molar-refractivity contribution in [1.82, 2.24) is 15.3 Å². The van der Waals surface area contributed by atoms with Gasteiger partial charge in [0, 0.05) is 28.5 Å². The Balaban J connectivity index is 2.26. The van der Waals surface area contributed by atoms with Gasteiger partial charge in [0.05, 0.1) is 0 Å². The summed E-state index contributed by atoms with van der Waals surface area (Å²) in [6.45, 7) is 2.12. The van der Waals surface area contributed by atoms with Crippen molar-refractivity contribution >= 4 is 27.7 Å². The zero-order valence-electron chi connectivity index (χ0n) is 10.2. The minimum Gasteiger partial charge on any atom is -0.313 e. The van der Waals surface area contributed by atoms with Crippen molar-refractivity contribution in [2.75, 3.05) is 7.05 Å². The SMILES string of the molecule is CNC(C)c1cccnc1Sc1ccc(Br)cn1. The van der Waals surface area contributed by atoms with Gasteiger partial charge in [-0.2, -0.15) is 0 Å². The van der Waals surface area contributed by atoms with E-state index in [0.29, 0.717) is 0 Å². The first kappa shape index (κ1) is 13.5. The second-order valence-electron chi connectivity index (χ2n) is 3.82. The molecular formula is C13H14BrN3S. The van der Waals surface area contributed by atoms with Crippen LogP contribution in [0.15, 0.2) is 51.2 Å². The predicted molar refractivity (Wildman–Crippen MR) is 77.8 cm³/mol. The van der Waals surface area contributed by atoms with Crippen LogP contribution in [0.25, 0.3) is 0 Å². The molecule has 2 heterocycles. The average Bonchev–Trinajstić information content (AvgIpc) is 2.41. The highest BCUT2D eigenvalue weighted by Crippen LogP contribution is 2.30. The molecule has 2 rings (SSSR count). The van der Waals surface area contributed by atoms with Crippen LogP contribution in [0.2, 0.25) is 0 Å². The maximum absolute atomic E-state index is 4.44. The summed E-state index contributed by atoms with van der Waals surface area (Å²) in [5, 5.41) is 5.18. The molecule has 0 spiro atoms. The average molecular weight is 324 g/mol. The number of rotatable bonds is 4. The van der Waals surface area contributed by atoms with E-state index in [1.807, 2.05) is 31.4 Å². The first-order chi connectivity index (χ1) is 8.70. The van der Waals surface area contributed by atoms with Gasteiger partial charge in [0.25, 0.3) is 0 Å². The number of hydrogen-bond donors (Lipinski definition) is 1. The van der Waals surface area contributed by atoms with Crippen molar-refractivity contribution in [3.05, 3.63) is 46.7 Å². The number of halogens is 1. The summed E-state index contributed by atoms with van der Waals surface area (Å²) in [5.74, 6) is 0. The molecule has 1 unspecified atom stereocenters. The lowest BCUT2D eigenvalue weighted by molar-refractivity contribution is 0.634. The van der Waals surface area contributed by atoms with Gasteiger partial charge in [-0.05, 0) is 59.9 Å². The van der Waals surface area contributed by atoms with Gasteiger partial charge >= 0.3 is 0 Å². The fourth-order valence-corrected chi connectivity index (χ4v) is 2.65. The molecule has 0 saturated heterocycles. The molecule has 0 aromatic carbocycles. The third-order valence-electron chi connectivity index (χ3n) is 2.60. The van der Waals surface area contributed by atoms with Crippen LogP contribution in [0.4, 0.5) is 0 Å². The molecule has 0 radical (unpaired) electrons. The second-order valence-corrected chi connectivity index (χ2v) is 5.75. The smallest absolute Gasteiger partial charge is 0.107 e. The molecular weight excluding hydrogens is 310 g/mol. The van der Waals surface area contributed by atoms with Gasteiger partial charge in [-0.3, -0.25) is 0 Å².